The van der Waals surface area contributed by atoms with Crippen LogP contribution in [0.4, 0.5) is 11.6 Å². The number of nitrogens with two attached hydrogens (primary N) is 1. The summed E-state index contributed by atoms with van der Waals surface area (Å²) in [4.78, 5) is 15.8. The predicted molar refractivity (Wildman–Crippen MR) is 64.6 cm³/mol. The Morgan fingerprint density at radius 3 is 2.78 bits per heavy atom. The summed E-state index contributed by atoms with van der Waals surface area (Å²) in [5.74, 6) is -0.105. The number of hydrogen-bond acceptors (Lipinski definition) is 6. The highest BCUT2D eigenvalue weighted by Crippen LogP contribution is 2.02. The molecule has 3 N–H and O–H groups in total. The van der Waals surface area contributed by atoms with Crippen molar-refractivity contribution in [3.63, 3.8) is 0 Å². The van der Waals surface area contributed by atoms with Crippen LogP contribution in [0.15, 0.2) is 12.4 Å². The molecule has 0 saturated heterocycles. The number of anilines is 2. The van der Waals surface area contributed by atoms with Crippen LogP contribution < -0.4 is 11.1 Å². The molecule has 94 valence electrons. The van der Waals surface area contributed by atoms with E-state index in [4.69, 9.17) is 5.73 Å². The first kappa shape index (κ1) is 12.0. The molecule has 8 nitrogen and oxygen atoms in total. The molecular weight excluding hydrogens is 234 g/mol. The van der Waals surface area contributed by atoms with Gasteiger partial charge in [-0.15, -0.1) is 5.10 Å². The number of carbonyl (C=O) groups excluding carboxylic acids is 1. The molecule has 2 aromatic heterocycles. The first-order chi connectivity index (χ1) is 8.54. The molecule has 0 saturated carbocycles. The summed E-state index contributed by atoms with van der Waals surface area (Å²) in [6.07, 6.45) is 3.04. The molecule has 0 aromatic carbocycles. The molecule has 0 bridgehead atoms. The summed E-state index contributed by atoms with van der Waals surface area (Å²) in [7, 11) is 0. The average molecular weight is 247 g/mol. The molecule has 2 aromatic rings. The van der Waals surface area contributed by atoms with Crippen molar-refractivity contribution in [2.75, 3.05) is 11.1 Å². The van der Waals surface area contributed by atoms with Crippen molar-refractivity contribution in [3.8, 4) is 0 Å². The van der Waals surface area contributed by atoms with E-state index in [1.807, 2.05) is 0 Å². The zero-order chi connectivity index (χ0) is 13.1. The lowest BCUT2D eigenvalue weighted by molar-refractivity contribution is -0.116. The van der Waals surface area contributed by atoms with Crippen LogP contribution in [0, 0.1) is 13.8 Å². The number of rotatable bonds is 3. The van der Waals surface area contributed by atoms with Gasteiger partial charge in [0.2, 0.25) is 11.9 Å². The molecule has 0 fully saturated rings. The van der Waals surface area contributed by atoms with Crippen molar-refractivity contribution < 1.29 is 4.79 Å². The van der Waals surface area contributed by atoms with Gasteiger partial charge < -0.3 is 5.73 Å². The van der Waals surface area contributed by atoms with E-state index < -0.39 is 0 Å². The third-order valence-corrected chi connectivity index (χ3v) is 2.30. The van der Waals surface area contributed by atoms with Crippen LogP contribution in [0.25, 0.3) is 0 Å². The van der Waals surface area contributed by atoms with Crippen molar-refractivity contribution in [1.29, 1.82) is 0 Å². The Balaban J connectivity index is 2.00. The number of nitrogen functional groups attached to an aromatic ring is 1. The zero-order valence-corrected chi connectivity index (χ0v) is 10.1. The second-order valence-corrected chi connectivity index (χ2v) is 3.83. The SMILES string of the molecule is Cc1nnc(NC(=O)Cn2cc(N)cn2)nc1C. The highest BCUT2D eigenvalue weighted by atomic mass is 16.2. The lowest BCUT2D eigenvalue weighted by Crippen LogP contribution is -2.21. The lowest BCUT2D eigenvalue weighted by atomic mass is 10.4. The van der Waals surface area contributed by atoms with Gasteiger partial charge in [0.15, 0.2) is 0 Å². The Hall–Kier alpha value is -2.51. The maximum Gasteiger partial charge on any atom is 0.249 e. The van der Waals surface area contributed by atoms with Gasteiger partial charge in [-0.2, -0.15) is 10.2 Å². The molecule has 18 heavy (non-hydrogen) atoms. The molecule has 0 atom stereocenters. The highest BCUT2D eigenvalue weighted by molar-refractivity contribution is 5.88. The standard InChI is InChI=1S/C10H13N7O/c1-6-7(2)15-16-10(13-6)14-9(18)5-17-4-8(11)3-12-17/h3-4H,5,11H2,1-2H3,(H,13,14,16,18). The van der Waals surface area contributed by atoms with Gasteiger partial charge in [0.25, 0.3) is 0 Å². The molecule has 0 aliphatic carbocycles. The van der Waals surface area contributed by atoms with E-state index in [1.165, 1.54) is 10.9 Å². The third kappa shape index (κ3) is 2.78. The molecule has 2 rings (SSSR count). The first-order valence-corrected chi connectivity index (χ1v) is 5.30. The van der Waals surface area contributed by atoms with Crippen LogP contribution in [0.3, 0.4) is 0 Å². The van der Waals surface area contributed by atoms with Crippen LogP contribution in [-0.4, -0.2) is 30.9 Å². The van der Waals surface area contributed by atoms with Gasteiger partial charge in [-0.25, -0.2) is 4.98 Å². The van der Waals surface area contributed by atoms with E-state index in [0.29, 0.717) is 5.69 Å². The van der Waals surface area contributed by atoms with Crippen molar-refractivity contribution >= 4 is 17.5 Å². The van der Waals surface area contributed by atoms with Gasteiger partial charge in [0.05, 0.1) is 23.3 Å². The Morgan fingerprint density at radius 1 is 1.39 bits per heavy atom. The quantitative estimate of drug-likeness (QED) is 0.783. The van der Waals surface area contributed by atoms with E-state index in [1.54, 1.807) is 20.0 Å². The van der Waals surface area contributed by atoms with Crippen molar-refractivity contribution in [2.45, 2.75) is 20.4 Å². The number of amides is 1. The molecule has 0 aliphatic rings. The fraction of sp³-hybridized carbons (Fsp3) is 0.300. The molecule has 0 radical (unpaired) electrons. The summed E-state index contributed by atoms with van der Waals surface area (Å²) < 4.78 is 1.43. The van der Waals surface area contributed by atoms with Gasteiger partial charge in [-0.1, -0.05) is 0 Å². The largest absolute Gasteiger partial charge is 0.396 e. The van der Waals surface area contributed by atoms with E-state index in [2.05, 4.69) is 25.6 Å². The van der Waals surface area contributed by atoms with E-state index >= 15 is 0 Å². The summed E-state index contributed by atoms with van der Waals surface area (Å²) in [5, 5.41) is 14.1. The normalized spacial score (nSPS) is 10.3. The molecule has 2 heterocycles. The lowest BCUT2D eigenvalue weighted by Gasteiger charge is -2.04. The maximum absolute atomic E-state index is 11.7. The van der Waals surface area contributed by atoms with Gasteiger partial charge in [-0.05, 0) is 13.8 Å². The number of nitrogens with zero attached hydrogens (tertiary/aromatic N) is 5. The molecule has 1 amide bonds. The fourth-order valence-corrected chi connectivity index (χ4v) is 1.29. The van der Waals surface area contributed by atoms with Crippen molar-refractivity contribution in [3.05, 3.63) is 23.8 Å². The topological polar surface area (TPSA) is 112 Å². The van der Waals surface area contributed by atoms with Crippen molar-refractivity contribution in [2.24, 2.45) is 0 Å². The molecule has 0 spiro atoms. The van der Waals surface area contributed by atoms with Crippen molar-refractivity contribution in [1.82, 2.24) is 25.0 Å². The zero-order valence-electron chi connectivity index (χ0n) is 10.1. The number of carbonyl (C=O) groups is 1. The van der Waals surface area contributed by atoms with Crippen LogP contribution in [0.5, 0.6) is 0 Å². The predicted octanol–water partition coefficient (Wildman–Crippen LogP) is -0.0942. The summed E-state index contributed by atoms with van der Waals surface area (Å²) in [6, 6.07) is 0. The number of aryl methyl sites for hydroxylation is 2. The number of aromatic nitrogens is 5. The molecule has 0 unspecified atom stereocenters. The van der Waals surface area contributed by atoms with Gasteiger partial charge in [0.1, 0.15) is 6.54 Å². The second kappa shape index (κ2) is 4.78. The van der Waals surface area contributed by atoms with Gasteiger partial charge in [-0.3, -0.25) is 14.8 Å². The van der Waals surface area contributed by atoms with E-state index in [0.717, 1.165) is 11.4 Å². The van der Waals surface area contributed by atoms with Crippen LogP contribution in [0.2, 0.25) is 0 Å². The van der Waals surface area contributed by atoms with Gasteiger partial charge in [0, 0.05) is 6.20 Å². The monoisotopic (exact) mass is 247 g/mol. The van der Waals surface area contributed by atoms with Gasteiger partial charge >= 0.3 is 0 Å². The van der Waals surface area contributed by atoms with Crippen LogP contribution in [0.1, 0.15) is 11.4 Å². The average Bonchev–Trinajstić information content (AvgIpc) is 2.69. The van der Waals surface area contributed by atoms with Crippen LogP contribution in [-0.2, 0) is 11.3 Å². The minimum absolute atomic E-state index is 0.0491. The number of hydrogen-bond donors (Lipinski definition) is 2. The second-order valence-electron chi connectivity index (χ2n) is 3.83. The molecule has 8 heteroatoms. The minimum atomic E-state index is -0.289. The maximum atomic E-state index is 11.7. The number of nitrogens with one attached hydrogen (secondary N) is 1. The summed E-state index contributed by atoms with van der Waals surface area (Å²) in [6.45, 7) is 3.65. The summed E-state index contributed by atoms with van der Waals surface area (Å²) >= 11 is 0. The Bertz CT molecular complexity index is 577. The Kier molecular flexibility index (Phi) is 3.18. The fourth-order valence-electron chi connectivity index (χ4n) is 1.29. The highest BCUT2D eigenvalue weighted by Gasteiger charge is 2.08. The molecule has 0 aliphatic heterocycles. The van der Waals surface area contributed by atoms with Crippen LogP contribution >= 0.6 is 0 Å². The van der Waals surface area contributed by atoms with E-state index in [-0.39, 0.29) is 18.4 Å². The van der Waals surface area contributed by atoms with E-state index in [9.17, 15) is 4.79 Å². The third-order valence-electron chi connectivity index (χ3n) is 2.30. The Morgan fingerprint density at radius 2 is 2.17 bits per heavy atom. The Labute approximate surface area is 103 Å². The molecular formula is C10H13N7O. The first-order valence-electron chi connectivity index (χ1n) is 5.30. The summed E-state index contributed by atoms with van der Waals surface area (Å²) in [5.41, 5.74) is 7.46. The minimum Gasteiger partial charge on any atom is -0.396 e. The smallest absolute Gasteiger partial charge is 0.249 e.